The van der Waals surface area contributed by atoms with E-state index in [9.17, 15) is 18.0 Å². The number of alkyl halides is 3. The van der Waals surface area contributed by atoms with Crippen molar-refractivity contribution in [2.24, 2.45) is 11.8 Å². The van der Waals surface area contributed by atoms with Gasteiger partial charge in [-0.2, -0.15) is 13.2 Å². The van der Waals surface area contributed by atoms with Crippen molar-refractivity contribution in [1.29, 1.82) is 0 Å². The average Bonchev–Trinajstić information content (AvgIpc) is 2.49. The number of hydrogen-bond donors (Lipinski definition) is 1. The molecule has 3 atom stereocenters. The molecule has 23 heavy (non-hydrogen) atoms. The Labute approximate surface area is 137 Å². The lowest BCUT2D eigenvalue weighted by atomic mass is 9.78. The van der Waals surface area contributed by atoms with Crippen LogP contribution in [0.15, 0.2) is 17.4 Å². The number of nitrogens with zero attached hydrogens (tertiary/aromatic N) is 2. The van der Waals surface area contributed by atoms with Crippen LogP contribution in [0.1, 0.15) is 38.8 Å². The first kappa shape index (κ1) is 18.0. The van der Waals surface area contributed by atoms with Crippen molar-refractivity contribution >= 4 is 17.7 Å². The first-order valence-corrected chi connectivity index (χ1v) is 8.58. The normalized spacial score (nSPS) is 25.2. The van der Waals surface area contributed by atoms with Crippen LogP contribution < -0.4 is 5.32 Å². The van der Waals surface area contributed by atoms with Crippen molar-refractivity contribution in [3.05, 3.63) is 18.0 Å². The Kier molecular flexibility index (Phi) is 5.89. The van der Waals surface area contributed by atoms with E-state index in [2.05, 4.69) is 29.1 Å². The largest absolute Gasteiger partial charge is 0.433 e. The summed E-state index contributed by atoms with van der Waals surface area (Å²) in [5.41, 5.74) is -0.995. The third kappa shape index (κ3) is 5.09. The molecule has 1 fully saturated rings. The van der Waals surface area contributed by atoms with E-state index in [-0.39, 0.29) is 22.9 Å². The number of nitrogens with one attached hydrogen (secondary N) is 1. The Hall–Kier alpha value is -1.31. The molecule has 1 aromatic rings. The lowest BCUT2D eigenvalue weighted by molar-refractivity contribution is -0.141. The van der Waals surface area contributed by atoms with E-state index in [4.69, 9.17) is 0 Å². The van der Waals surface area contributed by atoms with Crippen LogP contribution in [0.25, 0.3) is 0 Å². The second kappa shape index (κ2) is 7.51. The fraction of sp³-hybridized carbons (Fsp3) is 0.667. The molecular weight excluding hydrogens is 327 g/mol. The van der Waals surface area contributed by atoms with Gasteiger partial charge in [0.15, 0.2) is 5.16 Å². The highest BCUT2D eigenvalue weighted by atomic mass is 32.2. The SMILES string of the molecule is CC1CCCC(NC(=O)CSc2nccc(C(F)(F)F)n2)C1C. The van der Waals surface area contributed by atoms with Crippen LogP contribution >= 0.6 is 11.8 Å². The Morgan fingerprint density at radius 1 is 1.39 bits per heavy atom. The molecule has 1 heterocycles. The second-order valence-corrected chi connectivity index (χ2v) is 6.89. The second-order valence-electron chi connectivity index (χ2n) is 5.95. The standard InChI is InChI=1S/C15H20F3N3OS/c1-9-4-3-5-11(10(9)2)20-13(22)8-23-14-19-7-6-12(21-14)15(16,17)18/h6-7,9-11H,3-5,8H2,1-2H3,(H,20,22). The summed E-state index contributed by atoms with van der Waals surface area (Å²) in [6.07, 6.45) is -0.252. The van der Waals surface area contributed by atoms with Crippen LogP contribution in [0.5, 0.6) is 0 Å². The van der Waals surface area contributed by atoms with Gasteiger partial charge in [0.1, 0.15) is 5.69 Å². The number of carbonyl (C=O) groups is 1. The van der Waals surface area contributed by atoms with Crippen LogP contribution in [-0.4, -0.2) is 27.7 Å². The van der Waals surface area contributed by atoms with Gasteiger partial charge in [-0.25, -0.2) is 9.97 Å². The Morgan fingerprint density at radius 3 is 2.83 bits per heavy atom. The van der Waals surface area contributed by atoms with Crippen molar-refractivity contribution in [2.45, 2.75) is 50.5 Å². The molecule has 1 aromatic heterocycles. The lowest BCUT2D eigenvalue weighted by Crippen LogP contribution is -2.44. The zero-order valence-corrected chi connectivity index (χ0v) is 13.9. The molecular formula is C15H20F3N3OS. The topological polar surface area (TPSA) is 54.9 Å². The quantitative estimate of drug-likeness (QED) is 0.669. The maximum absolute atomic E-state index is 12.6. The van der Waals surface area contributed by atoms with Crippen molar-refractivity contribution < 1.29 is 18.0 Å². The van der Waals surface area contributed by atoms with Gasteiger partial charge in [-0.05, 0) is 24.3 Å². The molecule has 0 aliphatic heterocycles. The molecule has 1 N–H and O–H groups in total. The molecule has 3 unspecified atom stereocenters. The molecule has 1 amide bonds. The van der Waals surface area contributed by atoms with Crippen LogP contribution in [0, 0.1) is 11.8 Å². The predicted molar refractivity (Wildman–Crippen MR) is 81.9 cm³/mol. The lowest BCUT2D eigenvalue weighted by Gasteiger charge is -2.34. The van der Waals surface area contributed by atoms with Crippen molar-refractivity contribution in [1.82, 2.24) is 15.3 Å². The fourth-order valence-electron chi connectivity index (χ4n) is 2.73. The molecule has 1 aliphatic carbocycles. The summed E-state index contributed by atoms with van der Waals surface area (Å²) in [5, 5.41) is 2.93. The van der Waals surface area contributed by atoms with Crippen molar-refractivity contribution in [3.8, 4) is 0 Å². The maximum Gasteiger partial charge on any atom is 0.433 e. The maximum atomic E-state index is 12.6. The zero-order valence-electron chi connectivity index (χ0n) is 13.1. The molecule has 4 nitrogen and oxygen atoms in total. The number of halogens is 3. The molecule has 2 rings (SSSR count). The summed E-state index contributed by atoms with van der Waals surface area (Å²) in [4.78, 5) is 19.2. The first-order valence-electron chi connectivity index (χ1n) is 7.59. The Bertz CT molecular complexity index is 553. The third-order valence-corrected chi connectivity index (χ3v) is 5.17. The summed E-state index contributed by atoms with van der Waals surface area (Å²) in [6.45, 7) is 4.30. The number of amides is 1. The summed E-state index contributed by atoms with van der Waals surface area (Å²) in [5.74, 6) is 0.789. The van der Waals surface area contributed by atoms with E-state index < -0.39 is 11.9 Å². The van der Waals surface area contributed by atoms with E-state index in [0.29, 0.717) is 11.8 Å². The van der Waals surface area contributed by atoms with Gasteiger partial charge in [0.25, 0.3) is 0 Å². The third-order valence-electron chi connectivity index (χ3n) is 4.31. The van der Waals surface area contributed by atoms with Crippen LogP contribution in [0.2, 0.25) is 0 Å². The molecule has 0 bridgehead atoms. The van der Waals surface area contributed by atoms with Gasteiger partial charge >= 0.3 is 6.18 Å². The molecule has 1 saturated carbocycles. The van der Waals surface area contributed by atoms with E-state index >= 15 is 0 Å². The minimum Gasteiger partial charge on any atom is -0.352 e. The summed E-state index contributed by atoms with van der Waals surface area (Å²) >= 11 is 0.915. The van der Waals surface area contributed by atoms with Crippen molar-refractivity contribution in [3.63, 3.8) is 0 Å². The summed E-state index contributed by atoms with van der Waals surface area (Å²) in [6, 6.07) is 0.948. The van der Waals surface area contributed by atoms with E-state index in [1.165, 1.54) is 6.42 Å². The van der Waals surface area contributed by atoms with Crippen LogP contribution in [-0.2, 0) is 11.0 Å². The zero-order chi connectivity index (χ0) is 17.0. The number of hydrogen-bond acceptors (Lipinski definition) is 4. The fourth-order valence-corrected chi connectivity index (χ4v) is 3.37. The summed E-state index contributed by atoms with van der Waals surface area (Å²) in [7, 11) is 0. The molecule has 0 saturated heterocycles. The Balaban J connectivity index is 1.87. The minimum absolute atomic E-state index is 0.0128. The molecule has 0 spiro atoms. The molecule has 8 heteroatoms. The van der Waals surface area contributed by atoms with E-state index in [1.54, 1.807) is 0 Å². The number of thioether (sulfide) groups is 1. The van der Waals surface area contributed by atoms with E-state index in [1.807, 2.05) is 0 Å². The van der Waals surface area contributed by atoms with Gasteiger partial charge in [0, 0.05) is 12.2 Å². The first-order chi connectivity index (χ1) is 10.8. The number of aromatic nitrogens is 2. The smallest absolute Gasteiger partial charge is 0.352 e. The number of carbonyl (C=O) groups excluding carboxylic acids is 1. The van der Waals surface area contributed by atoms with E-state index in [0.717, 1.165) is 36.9 Å². The van der Waals surface area contributed by atoms with Crippen LogP contribution in [0.4, 0.5) is 13.2 Å². The van der Waals surface area contributed by atoms with Gasteiger partial charge in [-0.3, -0.25) is 4.79 Å². The van der Waals surface area contributed by atoms with Gasteiger partial charge in [0.05, 0.1) is 5.75 Å². The van der Waals surface area contributed by atoms with Gasteiger partial charge < -0.3 is 5.32 Å². The monoisotopic (exact) mass is 347 g/mol. The molecule has 0 aromatic carbocycles. The number of rotatable bonds is 4. The van der Waals surface area contributed by atoms with Gasteiger partial charge in [-0.1, -0.05) is 38.5 Å². The summed E-state index contributed by atoms with van der Waals surface area (Å²) < 4.78 is 37.7. The molecule has 1 aliphatic rings. The van der Waals surface area contributed by atoms with Crippen LogP contribution in [0.3, 0.4) is 0 Å². The Morgan fingerprint density at radius 2 is 2.13 bits per heavy atom. The average molecular weight is 347 g/mol. The molecule has 128 valence electrons. The highest BCUT2D eigenvalue weighted by molar-refractivity contribution is 7.99. The predicted octanol–water partition coefficient (Wildman–Crippen LogP) is 3.53. The minimum atomic E-state index is -4.51. The van der Waals surface area contributed by atoms with Crippen molar-refractivity contribution in [2.75, 3.05) is 5.75 Å². The molecule has 0 radical (unpaired) electrons. The van der Waals surface area contributed by atoms with Gasteiger partial charge in [0.2, 0.25) is 5.91 Å². The van der Waals surface area contributed by atoms with Gasteiger partial charge in [-0.15, -0.1) is 0 Å². The highest BCUT2D eigenvalue weighted by Crippen LogP contribution is 2.30. The highest BCUT2D eigenvalue weighted by Gasteiger charge is 2.33.